The molecular weight excluding hydrogens is 350 g/mol. The van der Waals surface area contributed by atoms with Gasteiger partial charge in [-0.1, -0.05) is 43.8 Å². The molecule has 3 rings (SSSR count). The van der Waals surface area contributed by atoms with Crippen LogP contribution in [0.2, 0.25) is 0 Å². The van der Waals surface area contributed by atoms with E-state index in [9.17, 15) is 4.79 Å². The summed E-state index contributed by atoms with van der Waals surface area (Å²) in [6.45, 7) is 6.11. The zero-order valence-electron chi connectivity index (χ0n) is 15.0. The lowest BCUT2D eigenvalue weighted by Crippen LogP contribution is -2.15. The molecule has 0 fully saturated rings. The number of hydrogen-bond donors (Lipinski definition) is 1. The van der Waals surface area contributed by atoms with E-state index in [-0.39, 0.29) is 11.7 Å². The molecule has 0 aliphatic carbocycles. The molecule has 6 nitrogen and oxygen atoms in total. The Bertz CT molecular complexity index is 888. The van der Waals surface area contributed by atoms with Crippen molar-refractivity contribution in [1.82, 2.24) is 10.2 Å². The maximum atomic E-state index is 12.3. The molecule has 0 unspecified atom stereocenters. The summed E-state index contributed by atoms with van der Waals surface area (Å²) >= 11 is 1.21. The van der Waals surface area contributed by atoms with E-state index in [0.29, 0.717) is 22.8 Å². The second-order valence-electron chi connectivity index (χ2n) is 6.00. The number of rotatable bonds is 7. The molecule has 2 aromatic heterocycles. The molecule has 2 heterocycles. The molecule has 0 aliphatic heterocycles. The SMILES string of the molecule is CC[C@H](C)c1ccccc1NC(=O)CSc1nnc(-c2ccoc2C)o1. The Morgan fingerprint density at radius 2 is 2.08 bits per heavy atom. The van der Waals surface area contributed by atoms with E-state index in [1.165, 1.54) is 11.8 Å². The number of benzene rings is 1. The topological polar surface area (TPSA) is 81.2 Å². The zero-order chi connectivity index (χ0) is 18.5. The summed E-state index contributed by atoms with van der Waals surface area (Å²) in [5.74, 6) is 1.58. The van der Waals surface area contributed by atoms with Crippen molar-refractivity contribution in [2.75, 3.05) is 11.1 Å². The van der Waals surface area contributed by atoms with E-state index in [2.05, 4.69) is 35.4 Å². The lowest BCUT2D eigenvalue weighted by Gasteiger charge is -2.15. The molecule has 26 heavy (non-hydrogen) atoms. The first-order valence-corrected chi connectivity index (χ1v) is 9.46. The molecule has 1 atom stereocenters. The highest BCUT2D eigenvalue weighted by Crippen LogP contribution is 2.28. The number of anilines is 1. The minimum atomic E-state index is -0.106. The van der Waals surface area contributed by atoms with Gasteiger partial charge < -0.3 is 14.2 Å². The molecule has 7 heteroatoms. The van der Waals surface area contributed by atoms with Crippen LogP contribution in [0.5, 0.6) is 0 Å². The molecule has 1 N–H and O–H groups in total. The van der Waals surface area contributed by atoms with E-state index in [1.54, 1.807) is 12.3 Å². The van der Waals surface area contributed by atoms with Crippen LogP contribution in [0.25, 0.3) is 11.5 Å². The summed E-state index contributed by atoms with van der Waals surface area (Å²) in [4.78, 5) is 12.3. The largest absolute Gasteiger partial charge is 0.469 e. The van der Waals surface area contributed by atoms with Crippen molar-refractivity contribution < 1.29 is 13.6 Å². The fourth-order valence-corrected chi connectivity index (χ4v) is 3.12. The average molecular weight is 371 g/mol. The Morgan fingerprint density at radius 3 is 2.81 bits per heavy atom. The molecule has 0 saturated carbocycles. The van der Waals surface area contributed by atoms with Crippen LogP contribution < -0.4 is 5.32 Å². The standard InChI is InChI=1S/C19H21N3O3S/c1-4-12(2)14-7-5-6-8-16(14)20-17(23)11-26-19-22-21-18(25-19)15-9-10-24-13(15)3/h5-10,12H,4,11H2,1-3H3,(H,20,23)/t12-/m0/s1. The molecule has 1 amide bonds. The van der Waals surface area contributed by atoms with Crippen molar-refractivity contribution in [2.24, 2.45) is 0 Å². The molecule has 3 aromatic rings. The van der Waals surface area contributed by atoms with Gasteiger partial charge in [-0.25, -0.2) is 0 Å². The molecule has 0 aliphatic rings. The van der Waals surface area contributed by atoms with Gasteiger partial charge in [-0.3, -0.25) is 4.79 Å². The van der Waals surface area contributed by atoms with Crippen LogP contribution in [-0.4, -0.2) is 21.9 Å². The third kappa shape index (κ3) is 4.16. The van der Waals surface area contributed by atoms with Crippen molar-refractivity contribution in [1.29, 1.82) is 0 Å². The Hall–Kier alpha value is -2.54. The fourth-order valence-electron chi connectivity index (χ4n) is 2.56. The summed E-state index contributed by atoms with van der Waals surface area (Å²) < 4.78 is 10.8. The molecular formula is C19H21N3O3S. The van der Waals surface area contributed by atoms with Gasteiger partial charge in [0, 0.05) is 5.69 Å². The number of hydrogen-bond acceptors (Lipinski definition) is 6. The van der Waals surface area contributed by atoms with E-state index in [1.807, 2.05) is 25.1 Å². The lowest BCUT2D eigenvalue weighted by atomic mass is 9.97. The lowest BCUT2D eigenvalue weighted by molar-refractivity contribution is -0.113. The summed E-state index contributed by atoms with van der Waals surface area (Å²) in [6.07, 6.45) is 2.59. The van der Waals surface area contributed by atoms with Crippen LogP contribution in [0.4, 0.5) is 5.69 Å². The number of thioether (sulfide) groups is 1. The van der Waals surface area contributed by atoms with Gasteiger partial charge in [-0.2, -0.15) is 0 Å². The van der Waals surface area contributed by atoms with Crippen molar-refractivity contribution >= 4 is 23.4 Å². The Balaban J connectivity index is 1.60. The van der Waals surface area contributed by atoms with E-state index >= 15 is 0 Å². The van der Waals surface area contributed by atoms with Crippen LogP contribution in [-0.2, 0) is 4.79 Å². The second-order valence-corrected chi connectivity index (χ2v) is 6.92. The number of carbonyl (C=O) groups excluding carboxylic acids is 1. The van der Waals surface area contributed by atoms with Gasteiger partial charge in [-0.05, 0) is 37.0 Å². The molecule has 0 spiro atoms. The maximum Gasteiger partial charge on any atom is 0.277 e. The van der Waals surface area contributed by atoms with Gasteiger partial charge in [0.2, 0.25) is 5.91 Å². The number of furan rings is 1. The highest BCUT2D eigenvalue weighted by Gasteiger charge is 2.15. The third-order valence-electron chi connectivity index (χ3n) is 4.20. The van der Waals surface area contributed by atoms with E-state index in [4.69, 9.17) is 8.83 Å². The number of aryl methyl sites for hydroxylation is 1. The summed E-state index contributed by atoms with van der Waals surface area (Å²) in [7, 11) is 0. The summed E-state index contributed by atoms with van der Waals surface area (Å²) in [5.41, 5.74) is 2.76. The smallest absolute Gasteiger partial charge is 0.277 e. The van der Waals surface area contributed by atoms with Crippen molar-refractivity contribution in [3.63, 3.8) is 0 Å². The zero-order valence-corrected chi connectivity index (χ0v) is 15.8. The van der Waals surface area contributed by atoms with Crippen LogP contribution >= 0.6 is 11.8 Å². The van der Waals surface area contributed by atoms with Crippen molar-refractivity contribution in [2.45, 2.75) is 38.3 Å². The first-order valence-electron chi connectivity index (χ1n) is 8.48. The van der Waals surface area contributed by atoms with Gasteiger partial charge in [-0.15, -0.1) is 10.2 Å². The van der Waals surface area contributed by atoms with E-state index < -0.39 is 0 Å². The van der Waals surface area contributed by atoms with Gasteiger partial charge >= 0.3 is 0 Å². The van der Waals surface area contributed by atoms with Crippen molar-refractivity contribution in [3.05, 3.63) is 47.9 Å². The summed E-state index contributed by atoms with van der Waals surface area (Å²) in [5, 5.41) is 11.3. The van der Waals surface area contributed by atoms with Gasteiger partial charge in [0.15, 0.2) is 0 Å². The normalized spacial score (nSPS) is 12.1. The monoisotopic (exact) mass is 371 g/mol. The number of aromatic nitrogens is 2. The first kappa shape index (κ1) is 18.3. The van der Waals surface area contributed by atoms with Crippen LogP contribution in [0.1, 0.15) is 37.5 Å². The highest BCUT2D eigenvalue weighted by atomic mass is 32.2. The Kier molecular flexibility index (Phi) is 5.78. The number of nitrogens with one attached hydrogen (secondary N) is 1. The number of nitrogens with zero attached hydrogens (tertiary/aromatic N) is 2. The molecule has 136 valence electrons. The first-order chi connectivity index (χ1) is 12.6. The molecule has 1 aromatic carbocycles. The van der Waals surface area contributed by atoms with Crippen LogP contribution in [0.3, 0.4) is 0 Å². The molecule has 0 radical (unpaired) electrons. The van der Waals surface area contributed by atoms with Gasteiger partial charge in [0.1, 0.15) is 5.76 Å². The highest BCUT2D eigenvalue weighted by molar-refractivity contribution is 7.99. The van der Waals surface area contributed by atoms with Gasteiger partial charge in [0.05, 0.1) is 17.6 Å². The average Bonchev–Trinajstić information content (AvgIpc) is 3.28. The third-order valence-corrected chi connectivity index (χ3v) is 5.02. The van der Waals surface area contributed by atoms with Crippen LogP contribution in [0, 0.1) is 6.92 Å². The Morgan fingerprint density at radius 1 is 1.27 bits per heavy atom. The Labute approximate surface area is 156 Å². The minimum absolute atomic E-state index is 0.106. The fraction of sp³-hybridized carbons (Fsp3) is 0.316. The van der Waals surface area contributed by atoms with Crippen molar-refractivity contribution in [3.8, 4) is 11.5 Å². The van der Waals surface area contributed by atoms with Crippen LogP contribution in [0.15, 0.2) is 50.7 Å². The second kappa shape index (κ2) is 8.23. The maximum absolute atomic E-state index is 12.3. The number of amides is 1. The van der Waals surface area contributed by atoms with Gasteiger partial charge in [0.25, 0.3) is 11.1 Å². The number of para-hydroxylation sites is 1. The predicted molar refractivity (Wildman–Crippen MR) is 101 cm³/mol. The quantitative estimate of drug-likeness (QED) is 0.596. The molecule has 0 bridgehead atoms. The minimum Gasteiger partial charge on any atom is -0.469 e. The predicted octanol–water partition coefficient (Wildman–Crippen LogP) is 4.88. The summed E-state index contributed by atoms with van der Waals surface area (Å²) in [6, 6.07) is 9.66. The van der Waals surface area contributed by atoms with E-state index in [0.717, 1.165) is 23.2 Å². The molecule has 0 saturated heterocycles. The number of carbonyl (C=O) groups is 1.